The fourth-order valence-electron chi connectivity index (χ4n) is 4.08. The number of anilines is 1. The highest BCUT2D eigenvalue weighted by atomic mass is 35.5. The molecule has 0 saturated carbocycles. The molecule has 3 amide bonds. The van der Waals surface area contributed by atoms with Crippen LogP contribution >= 0.6 is 11.6 Å². The predicted octanol–water partition coefficient (Wildman–Crippen LogP) is 4.16. The van der Waals surface area contributed by atoms with Crippen molar-refractivity contribution in [3.63, 3.8) is 0 Å². The lowest BCUT2D eigenvalue weighted by Crippen LogP contribution is -2.47. The zero-order chi connectivity index (χ0) is 24.1. The molecule has 0 radical (unpaired) electrons. The number of hydrogen-bond donors (Lipinski definition) is 0. The SMILES string of the molecule is N#Cc1ccc(N2C(=O)CC(N(CCc3cccc(Cl)c3)C(=O)Cc3ccccc3)C2=O)cc1. The first kappa shape index (κ1) is 23.2. The first-order valence-corrected chi connectivity index (χ1v) is 11.3. The standard InChI is InChI=1S/C27H22ClN3O3/c28-22-8-4-7-20(15-22)13-14-30(25(32)16-19-5-2-1-3-6-19)24-17-26(33)31(27(24)34)23-11-9-21(18-29)10-12-23/h1-12,15,24H,13-14,16-17H2. The van der Waals surface area contributed by atoms with Crippen molar-refractivity contribution in [3.05, 3.63) is 101 Å². The Bertz CT molecular complexity index is 1250. The summed E-state index contributed by atoms with van der Waals surface area (Å²) >= 11 is 6.10. The van der Waals surface area contributed by atoms with Gasteiger partial charge in [-0.2, -0.15) is 5.26 Å². The molecule has 4 rings (SSSR count). The van der Waals surface area contributed by atoms with E-state index in [0.29, 0.717) is 22.7 Å². The second kappa shape index (κ2) is 10.3. The summed E-state index contributed by atoms with van der Waals surface area (Å²) < 4.78 is 0. The van der Waals surface area contributed by atoms with E-state index in [0.717, 1.165) is 16.0 Å². The molecule has 1 aliphatic rings. The molecule has 3 aromatic rings. The van der Waals surface area contributed by atoms with Gasteiger partial charge in [-0.1, -0.05) is 54.1 Å². The van der Waals surface area contributed by atoms with Gasteiger partial charge in [0.25, 0.3) is 5.91 Å². The van der Waals surface area contributed by atoms with Crippen molar-refractivity contribution < 1.29 is 14.4 Å². The average molecular weight is 472 g/mol. The molecule has 0 bridgehead atoms. The maximum Gasteiger partial charge on any atom is 0.257 e. The Morgan fingerprint density at radius 1 is 1.00 bits per heavy atom. The summed E-state index contributed by atoms with van der Waals surface area (Å²) in [6.07, 6.45) is 0.538. The Morgan fingerprint density at radius 2 is 1.71 bits per heavy atom. The molecule has 0 spiro atoms. The molecule has 1 saturated heterocycles. The molecular formula is C27H22ClN3O3. The third kappa shape index (κ3) is 5.16. The van der Waals surface area contributed by atoms with Crippen molar-refractivity contribution in [2.24, 2.45) is 0 Å². The van der Waals surface area contributed by atoms with E-state index in [2.05, 4.69) is 0 Å². The molecule has 1 heterocycles. The Kier molecular flexibility index (Phi) is 7.05. The van der Waals surface area contributed by atoms with Gasteiger partial charge in [0.15, 0.2) is 0 Å². The minimum atomic E-state index is -0.890. The molecule has 7 heteroatoms. The van der Waals surface area contributed by atoms with Crippen molar-refractivity contribution in [1.29, 1.82) is 5.26 Å². The van der Waals surface area contributed by atoms with Crippen molar-refractivity contribution >= 4 is 35.0 Å². The molecule has 0 aliphatic carbocycles. The highest BCUT2D eigenvalue weighted by molar-refractivity contribution is 6.30. The molecule has 0 aromatic heterocycles. The number of nitriles is 1. The smallest absolute Gasteiger partial charge is 0.257 e. The van der Waals surface area contributed by atoms with Crippen LogP contribution in [0.25, 0.3) is 0 Å². The Labute approximate surface area is 203 Å². The van der Waals surface area contributed by atoms with Crippen LogP contribution in [0.15, 0.2) is 78.9 Å². The maximum absolute atomic E-state index is 13.4. The Morgan fingerprint density at radius 3 is 2.38 bits per heavy atom. The van der Waals surface area contributed by atoms with E-state index in [-0.39, 0.29) is 31.2 Å². The van der Waals surface area contributed by atoms with Gasteiger partial charge in [0.05, 0.1) is 30.2 Å². The number of rotatable bonds is 7. The number of carbonyl (C=O) groups is 3. The fourth-order valence-corrected chi connectivity index (χ4v) is 4.30. The van der Waals surface area contributed by atoms with Crippen molar-refractivity contribution in [2.75, 3.05) is 11.4 Å². The predicted molar refractivity (Wildman–Crippen MR) is 129 cm³/mol. The summed E-state index contributed by atoms with van der Waals surface area (Å²) in [6.45, 7) is 0.275. The molecule has 6 nitrogen and oxygen atoms in total. The number of benzene rings is 3. The van der Waals surface area contributed by atoms with E-state index < -0.39 is 11.9 Å². The normalized spacial score (nSPS) is 15.3. The lowest BCUT2D eigenvalue weighted by molar-refractivity contribution is -0.137. The topological polar surface area (TPSA) is 81.5 Å². The van der Waals surface area contributed by atoms with Crippen LogP contribution < -0.4 is 4.90 Å². The van der Waals surface area contributed by atoms with Gasteiger partial charge >= 0.3 is 0 Å². The fraction of sp³-hybridized carbons (Fsp3) is 0.185. The number of nitrogens with zero attached hydrogens (tertiary/aromatic N) is 3. The number of halogens is 1. The summed E-state index contributed by atoms with van der Waals surface area (Å²) in [6, 6.07) is 24.0. The van der Waals surface area contributed by atoms with Gasteiger partial charge in [0.2, 0.25) is 11.8 Å². The second-order valence-electron chi connectivity index (χ2n) is 8.08. The highest BCUT2D eigenvalue weighted by Gasteiger charge is 2.44. The van der Waals surface area contributed by atoms with Gasteiger partial charge in [-0.05, 0) is 53.9 Å². The average Bonchev–Trinajstić information content (AvgIpc) is 3.13. The Balaban J connectivity index is 1.59. The Hall–Kier alpha value is -3.95. The van der Waals surface area contributed by atoms with Crippen LogP contribution in [0.1, 0.15) is 23.1 Å². The van der Waals surface area contributed by atoms with Gasteiger partial charge in [-0.3, -0.25) is 14.4 Å². The van der Waals surface area contributed by atoms with Crippen LogP contribution in [0, 0.1) is 11.3 Å². The minimum Gasteiger partial charge on any atom is -0.329 e. The van der Waals surface area contributed by atoms with E-state index in [9.17, 15) is 14.4 Å². The first-order valence-electron chi connectivity index (χ1n) is 10.9. The quantitative estimate of drug-likeness (QED) is 0.484. The van der Waals surface area contributed by atoms with Crippen molar-refractivity contribution in [1.82, 2.24) is 4.90 Å². The third-order valence-electron chi connectivity index (χ3n) is 5.80. The molecule has 170 valence electrons. The van der Waals surface area contributed by atoms with Crippen LogP contribution in [0.3, 0.4) is 0 Å². The zero-order valence-electron chi connectivity index (χ0n) is 18.4. The van der Waals surface area contributed by atoms with Gasteiger partial charge in [0.1, 0.15) is 6.04 Å². The van der Waals surface area contributed by atoms with Crippen LogP contribution in [0.4, 0.5) is 5.69 Å². The third-order valence-corrected chi connectivity index (χ3v) is 6.04. The van der Waals surface area contributed by atoms with E-state index in [1.54, 1.807) is 30.3 Å². The molecule has 34 heavy (non-hydrogen) atoms. The lowest BCUT2D eigenvalue weighted by Gasteiger charge is -2.28. The monoisotopic (exact) mass is 471 g/mol. The first-order chi connectivity index (χ1) is 16.5. The summed E-state index contributed by atoms with van der Waals surface area (Å²) in [4.78, 5) is 42.2. The van der Waals surface area contributed by atoms with E-state index >= 15 is 0 Å². The van der Waals surface area contributed by atoms with Crippen LogP contribution in [0.2, 0.25) is 5.02 Å². The van der Waals surface area contributed by atoms with Gasteiger partial charge < -0.3 is 4.90 Å². The lowest BCUT2D eigenvalue weighted by atomic mass is 10.1. The van der Waals surface area contributed by atoms with Gasteiger partial charge in [0, 0.05) is 11.6 Å². The highest BCUT2D eigenvalue weighted by Crippen LogP contribution is 2.27. The number of carbonyl (C=O) groups excluding carboxylic acids is 3. The molecule has 3 aromatic carbocycles. The molecule has 1 unspecified atom stereocenters. The summed E-state index contributed by atoms with van der Waals surface area (Å²) in [5.74, 6) is -1.04. The summed E-state index contributed by atoms with van der Waals surface area (Å²) in [5, 5.41) is 9.61. The zero-order valence-corrected chi connectivity index (χ0v) is 19.1. The number of amides is 3. The van der Waals surface area contributed by atoms with Crippen LogP contribution in [-0.4, -0.2) is 35.2 Å². The number of hydrogen-bond acceptors (Lipinski definition) is 4. The molecule has 1 fully saturated rings. The van der Waals surface area contributed by atoms with Gasteiger partial charge in [-0.25, -0.2) is 4.90 Å². The van der Waals surface area contributed by atoms with E-state index in [1.165, 1.54) is 4.90 Å². The molecule has 1 aliphatic heterocycles. The van der Waals surface area contributed by atoms with Crippen LogP contribution in [0.5, 0.6) is 0 Å². The largest absolute Gasteiger partial charge is 0.329 e. The van der Waals surface area contributed by atoms with Gasteiger partial charge in [-0.15, -0.1) is 0 Å². The summed E-state index contributed by atoms with van der Waals surface area (Å²) in [5.41, 5.74) is 2.59. The van der Waals surface area contributed by atoms with E-state index in [4.69, 9.17) is 16.9 Å². The molecule has 0 N–H and O–H groups in total. The minimum absolute atomic E-state index is 0.0884. The van der Waals surface area contributed by atoms with E-state index in [1.807, 2.05) is 54.6 Å². The maximum atomic E-state index is 13.4. The van der Waals surface area contributed by atoms with Crippen molar-refractivity contribution in [2.45, 2.75) is 25.3 Å². The number of imide groups is 1. The van der Waals surface area contributed by atoms with Crippen LogP contribution in [-0.2, 0) is 27.2 Å². The summed E-state index contributed by atoms with van der Waals surface area (Å²) in [7, 11) is 0. The molecular weight excluding hydrogens is 450 g/mol. The molecule has 1 atom stereocenters. The second-order valence-corrected chi connectivity index (χ2v) is 8.51. The van der Waals surface area contributed by atoms with Crippen molar-refractivity contribution in [3.8, 4) is 6.07 Å².